The number of fused-ring (bicyclic) bond motifs is 1. The van der Waals surface area contributed by atoms with E-state index in [2.05, 4.69) is 50.2 Å². The number of benzene rings is 1. The van der Waals surface area contributed by atoms with Crippen molar-refractivity contribution in [1.29, 1.82) is 0 Å². The van der Waals surface area contributed by atoms with Gasteiger partial charge in [-0.15, -0.1) is 0 Å². The van der Waals surface area contributed by atoms with Crippen LogP contribution in [-0.2, 0) is 17.8 Å². The second kappa shape index (κ2) is 6.78. The van der Waals surface area contributed by atoms with Gasteiger partial charge in [-0.25, -0.2) is 4.98 Å². The number of likely N-dealkylation sites (tertiary alicyclic amines) is 1. The molecule has 2 saturated heterocycles. The van der Waals surface area contributed by atoms with Crippen molar-refractivity contribution in [2.45, 2.75) is 25.2 Å². The highest BCUT2D eigenvalue weighted by Crippen LogP contribution is 2.24. The van der Waals surface area contributed by atoms with E-state index in [1.54, 1.807) is 12.7 Å². The maximum atomic E-state index is 6.02. The van der Waals surface area contributed by atoms with Gasteiger partial charge in [-0.2, -0.15) is 5.10 Å². The number of morpholine rings is 1. The van der Waals surface area contributed by atoms with Gasteiger partial charge in [0.15, 0.2) is 0 Å². The molecule has 1 aromatic heterocycles. The molecular formula is C17H23N5O. The fourth-order valence-electron chi connectivity index (χ4n) is 3.62. The normalized spacial score (nSPS) is 25.6. The minimum Gasteiger partial charge on any atom is -0.374 e. The lowest BCUT2D eigenvalue weighted by molar-refractivity contribution is -0.0504. The van der Waals surface area contributed by atoms with Crippen LogP contribution in [0.2, 0.25) is 0 Å². The van der Waals surface area contributed by atoms with Gasteiger partial charge in [0, 0.05) is 32.7 Å². The topological polar surface area (TPSA) is 46.4 Å². The maximum Gasteiger partial charge on any atom is 0.137 e. The zero-order valence-corrected chi connectivity index (χ0v) is 13.3. The molecule has 4 rings (SSSR count). The first-order valence-electron chi connectivity index (χ1n) is 8.33. The summed E-state index contributed by atoms with van der Waals surface area (Å²) in [7, 11) is 0. The van der Waals surface area contributed by atoms with Crippen LogP contribution in [-0.4, -0.2) is 69.5 Å². The molecule has 2 aromatic rings. The number of rotatable bonds is 5. The quantitative estimate of drug-likeness (QED) is 0.819. The zero-order valence-electron chi connectivity index (χ0n) is 13.3. The summed E-state index contributed by atoms with van der Waals surface area (Å²) in [5.74, 6) is 0. The Morgan fingerprint density at radius 1 is 1.13 bits per heavy atom. The van der Waals surface area contributed by atoms with Gasteiger partial charge in [0.05, 0.1) is 25.3 Å². The van der Waals surface area contributed by atoms with E-state index in [-0.39, 0.29) is 0 Å². The Balaban J connectivity index is 1.36. The molecule has 6 nitrogen and oxygen atoms in total. The summed E-state index contributed by atoms with van der Waals surface area (Å²) in [5.41, 5.74) is 1.38. The summed E-state index contributed by atoms with van der Waals surface area (Å²) in [4.78, 5) is 9.07. The van der Waals surface area contributed by atoms with Crippen molar-refractivity contribution in [3.8, 4) is 0 Å². The highest BCUT2D eigenvalue weighted by atomic mass is 16.5. The highest BCUT2D eigenvalue weighted by Gasteiger charge is 2.39. The van der Waals surface area contributed by atoms with E-state index in [0.717, 1.165) is 45.9 Å². The second-order valence-electron chi connectivity index (χ2n) is 6.35. The van der Waals surface area contributed by atoms with Crippen molar-refractivity contribution >= 4 is 0 Å². The van der Waals surface area contributed by atoms with Crippen LogP contribution in [0.3, 0.4) is 0 Å². The van der Waals surface area contributed by atoms with Gasteiger partial charge in [-0.1, -0.05) is 30.3 Å². The minimum atomic E-state index is 0.336. The Hall–Kier alpha value is -1.76. The molecule has 1 aromatic carbocycles. The average Bonchev–Trinajstić information content (AvgIpc) is 3.23. The smallest absolute Gasteiger partial charge is 0.137 e. The summed E-state index contributed by atoms with van der Waals surface area (Å²) in [5, 5.41) is 4.18. The molecule has 2 fully saturated rings. The summed E-state index contributed by atoms with van der Waals surface area (Å²) in [6.45, 7) is 6.86. The Labute approximate surface area is 136 Å². The molecule has 122 valence electrons. The van der Waals surface area contributed by atoms with Gasteiger partial charge >= 0.3 is 0 Å². The van der Waals surface area contributed by atoms with Crippen LogP contribution in [0, 0.1) is 0 Å². The van der Waals surface area contributed by atoms with Crippen LogP contribution in [0.25, 0.3) is 0 Å². The summed E-state index contributed by atoms with van der Waals surface area (Å²) >= 11 is 0. The van der Waals surface area contributed by atoms with Crippen molar-refractivity contribution in [2.24, 2.45) is 0 Å². The van der Waals surface area contributed by atoms with Crippen LogP contribution in [0.15, 0.2) is 43.0 Å². The van der Waals surface area contributed by atoms with Crippen LogP contribution >= 0.6 is 0 Å². The largest absolute Gasteiger partial charge is 0.374 e. The first-order chi connectivity index (χ1) is 11.4. The van der Waals surface area contributed by atoms with E-state index in [1.807, 2.05) is 4.68 Å². The molecule has 6 heteroatoms. The monoisotopic (exact) mass is 313 g/mol. The third kappa shape index (κ3) is 3.44. The van der Waals surface area contributed by atoms with Crippen LogP contribution in [0.4, 0.5) is 0 Å². The molecule has 3 heterocycles. The van der Waals surface area contributed by atoms with E-state index in [0.29, 0.717) is 12.1 Å². The molecular weight excluding hydrogens is 290 g/mol. The Kier molecular flexibility index (Phi) is 4.37. The SMILES string of the molecule is c1ccc(CN2CCOC3CN(CCn4cncn4)CC32)cc1. The van der Waals surface area contributed by atoms with Crippen LogP contribution in [0.5, 0.6) is 0 Å². The van der Waals surface area contributed by atoms with Crippen LogP contribution < -0.4 is 0 Å². The van der Waals surface area contributed by atoms with Crippen LogP contribution in [0.1, 0.15) is 5.56 Å². The minimum absolute atomic E-state index is 0.336. The van der Waals surface area contributed by atoms with E-state index in [9.17, 15) is 0 Å². The van der Waals surface area contributed by atoms with Crippen molar-refractivity contribution in [3.63, 3.8) is 0 Å². The van der Waals surface area contributed by atoms with Gasteiger partial charge < -0.3 is 4.74 Å². The first kappa shape index (κ1) is 14.8. The third-order valence-electron chi connectivity index (χ3n) is 4.83. The third-order valence-corrected chi connectivity index (χ3v) is 4.83. The molecule has 2 aliphatic heterocycles. The number of hydrogen-bond donors (Lipinski definition) is 0. The molecule has 0 N–H and O–H groups in total. The van der Waals surface area contributed by atoms with Crippen molar-refractivity contribution in [2.75, 3.05) is 32.8 Å². The van der Waals surface area contributed by atoms with Crippen molar-refractivity contribution in [1.82, 2.24) is 24.6 Å². The molecule has 0 amide bonds. The molecule has 0 bridgehead atoms. The number of aromatic nitrogens is 3. The lowest BCUT2D eigenvalue weighted by Gasteiger charge is -2.37. The van der Waals surface area contributed by atoms with Gasteiger partial charge in [0.2, 0.25) is 0 Å². The molecule has 23 heavy (non-hydrogen) atoms. The lowest BCUT2D eigenvalue weighted by Crippen LogP contribution is -2.50. The zero-order chi connectivity index (χ0) is 15.5. The van der Waals surface area contributed by atoms with Gasteiger partial charge in [0.25, 0.3) is 0 Å². The van der Waals surface area contributed by atoms with E-state index in [4.69, 9.17) is 4.74 Å². The average molecular weight is 313 g/mol. The van der Waals surface area contributed by atoms with Gasteiger partial charge in [-0.05, 0) is 5.56 Å². The fraction of sp³-hybridized carbons (Fsp3) is 0.529. The molecule has 0 radical (unpaired) electrons. The Morgan fingerprint density at radius 2 is 2.04 bits per heavy atom. The van der Waals surface area contributed by atoms with E-state index >= 15 is 0 Å². The molecule has 0 aliphatic carbocycles. The lowest BCUT2D eigenvalue weighted by atomic mass is 10.1. The highest BCUT2D eigenvalue weighted by molar-refractivity contribution is 5.15. The van der Waals surface area contributed by atoms with Crippen molar-refractivity contribution in [3.05, 3.63) is 48.5 Å². The van der Waals surface area contributed by atoms with E-state index in [1.165, 1.54) is 5.56 Å². The van der Waals surface area contributed by atoms with Crippen molar-refractivity contribution < 1.29 is 4.74 Å². The molecule has 2 aliphatic rings. The van der Waals surface area contributed by atoms with Gasteiger partial charge in [-0.3, -0.25) is 14.5 Å². The molecule has 2 atom stereocenters. The Bertz CT molecular complexity index is 603. The Morgan fingerprint density at radius 3 is 2.87 bits per heavy atom. The molecule has 2 unspecified atom stereocenters. The fourth-order valence-corrected chi connectivity index (χ4v) is 3.62. The molecule has 0 spiro atoms. The predicted molar refractivity (Wildman–Crippen MR) is 86.8 cm³/mol. The second-order valence-corrected chi connectivity index (χ2v) is 6.35. The number of ether oxygens (including phenoxy) is 1. The first-order valence-corrected chi connectivity index (χ1v) is 8.33. The summed E-state index contributed by atoms with van der Waals surface area (Å²) < 4.78 is 7.91. The van der Waals surface area contributed by atoms with Gasteiger partial charge in [0.1, 0.15) is 12.7 Å². The standard InChI is InChI=1S/C17H23N5O/c1-2-4-15(5-3-1)10-21-8-9-23-17-12-20(11-16(17)21)6-7-22-14-18-13-19-22/h1-5,13-14,16-17H,6-12H2. The predicted octanol–water partition coefficient (Wildman–Crippen LogP) is 0.863. The maximum absolute atomic E-state index is 6.02. The number of nitrogens with zero attached hydrogens (tertiary/aromatic N) is 5. The molecule has 0 saturated carbocycles. The summed E-state index contributed by atoms with van der Waals surface area (Å²) in [6, 6.07) is 11.2. The van der Waals surface area contributed by atoms with E-state index < -0.39 is 0 Å². The summed E-state index contributed by atoms with van der Waals surface area (Å²) in [6.07, 6.45) is 3.71. The number of hydrogen-bond acceptors (Lipinski definition) is 5.